The number of methoxy groups -OCH3 is 1. The van der Waals surface area contributed by atoms with Gasteiger partial charge in [0, 0.05) is 44.7 Å². The van der Waals surface area contributed by atoms with E-state index in [0.717, 1.165) is 24.2 Å². The third-order valence-corrected chi connectivity index (χ3v) is 6.25. The van der Waals surface area contributed by atoms with Crippen LogP contribution in [0.25, 0.3) is 0 Å². The molecule has 8 nitrogen and oxygen atoms in total. The minimum Gasteiger partial charge on any atom is -0.491 e. The molecule has 178 valence electrons. The number of morpholine rings is 1. The van der Waals surface area contributed by atoms with Crippen LogP contribution in [0.15, 0.2) is 36.7 Å². The molecule has 3 heterocycles. The molecular formula is C25H34N4O4. The van der Waals surface area contributed by atoms with Crippen LogP contribution in [0, 0.1) is 6.92 Å². The van der Waals surface area contributed by atoms with Crippen LogP contribution in [0.2, 0.25) is 0 Å². The van der Waals surface area contributed by atoms with Crippen molar-refractivity contribution in [1.29, 1.82) is 0 Å². The Labute approximate surface area is 195 Å². The number of amides is 1. The summed E-state index contributed by atoms with van der Waals surface area (Å²) in [7, 11) is 1.69. The van der Waals surface area contributed by atoms with Crippen molar-refractivity contribution in [3.05, 3.63) is 47.8 Å². The van der Waals surface area contributed by atoms with Gasteiger partial charge in [-0.05, 0) is 63.4 Å². The minimum absolute atomic E-state index is 0.0524. The van der Waals surface area contributed by atoms with Crippen LogP contribution in [0.5, 0.6) is 5.75 Å². The Bertz CT molecular complexity index is 945. The van der Waals surface area contributed by atoms with Gasteiger partial charge in [-0.15, -0.1) is 0 Å². The van der Waals surface area contributed by atoms with E-state index in [1.807, 2.05) is 49.9 Å². The first-order chi connectivity index (χ1) is 15.9. The van der Waals surface area contributed by atoms with Crippen molar-refractivity contribution in [3.8, 4) is 5.75 Å². The zero-order chi connectivity index (χ0) is 23.4. The summed E-state index contributed by atoms with van der Waals surface area (Å²) in [5.41, 5.74) is 1.32. The molecule has 2 aliphatic heterocycles. The topological polar surface area (TPSA) is 77.0 Å². The van der Waals surface area contributed by atoms with E-state index in [1.54, 1.807) is 19.5 Å². The summed E-state index contributed by atoms with van der Waals surface area (Å²) in [6.45, 7) is 9.17. The molecule has 1 spiro atoms. The first kappa shape index (κ1) is 23.4. The average Bonchev–Trinajstić information content (AvgIpc) is 2.81. The second-order valence-electron chi connectivity index (χ2n) is 9.25. The molecule has 2 aliphatic rings. The Balaban J connectivity index is 1.44. The molecule has 0 aliphatic carbocycles. The fraction of sp³-hybridized carbons (Fsp3) is 0.560. The fourth-order valence-corrected chi connectivity index (χ4v) is 4.71. The molecule has 1 aromatic heterocycles. The third kappa shape index (κ3) is 5.45. The van der Waals surface area contributed by atoms with E-state index in [0.29, 0.717) is 44.3 Å². The SMILES string of the molecule is COCC1CN(c2ncccn2)CC2(CCN(C(=O)c3ccc(OC(C)C)c(C)c3)CC2)O1. The molecule has 2 aromatic rings. The number of nitrogens with zero attached hydrogens (tertiary/aromatic N) is 4. The van der Waals surface area contributed by atoms with E-state index >= 15 is 0 Å². The lowest BCUT2D eigenvalue weighted by Gasteiger charge is -2.49. The lowest BCUT2D eigenvalue weighted by Crippen LogP contribution is -2.61. The van der Waals surface area contributed by atoms with Gasteiger partial charge >= 0.3 is 0 Å². The number of rotatable bonds is 6. The van der Waals surface area contributed by atoms with Crippen LogP contribution in [0.3, 0.4) is 0 Å². The number of hydrogen-bond acceptors (Lipinski definition) is 7. The summed E-state index contributed by atoms with van der Waals surface area (Å²) >= 11 is 0. The van der Waals surface area contributed by atoms with Crippen LogP contribution in [0.1, 0.15) is 42.6 Å². The Kier molecular flexibility index (Phi) is 7.14. The highest BCUT2D eigenvalue weighted by Gasteiger charge is 2.44. The predicted molar refractivity (Wildman–Crippen MR) is 126 cm³/mol. The number of carbonyl (C=O) groups is 1. The van der Waals surface area contributed by atoms with Gasteiger partial charge in [-0.1, -0.05) is 0 Å². The van der Waals surface area contributed by atoms with Gasteiger partial charge in [0.05, 0.1) is 31.0 Å². The molecule has 0 N–H and O–H groups in total. The Hall–Kier alpha value is -2.71. The minimum atomic E-state index is -0.345. The highest BCUT2D eigenvalue weighted by Crippen LogP contribution is 2.34. The third-order valence-electron chi connectivity index (χ3n) is 6.25. The fourth-order valence-electron chi connectivity index (χ4n) is 4.71. The van der Waals surface area contributed by atoms with E-state index < -0.39 is 0 Å². The number of aromatic nitrogens is 2. The van der Waals surface area contributed by atoms with Crippen LogP contribution >= 0.6 is 0 Å². The predicted octanol–water partition coefficient (Wildman–Crippen LogP) is 3.10. The smallest absolute Gasteiger partial charge is 0.253 e. The first-order valence-corrected chi connectivity index (χ1v) is 11.6. The van der Waals surface area contributed by atoms with E-state index in [9.17, 15) is 4.79 Å². The number of ether oxygens (including phenoxy) is 3. The quantitative estimate of drug-likeness (QED) is 0.664. The Morgan fingerprint density at radius 2 is 1.97 bits per heavy atom. The highest BCUT2D eigenvalue weighted by molar-refractivity contribution is 5.94. The molecule has 0 bridgehead atoms. The number of piperidine rings is 1. The second-order valence-corrected chi connectivity index (χ2v) is 9.25. The maximum Gasteiger partial charge on any atom is 0.253 e. The number of benzene rings is 1. The van der Waals surface area contributed by atoms with Crippen LogP contribution in [0.4, 0.5) is 5.95 Å². The number of likely N-dealkylation sites (tertiary alicyclic amines) is 1. The lowest BCUT2D eigenvalue weighted by molar-refractivity contribution is -0.145. The van der Waals surface area contributed by atoms with Crippen molar-refractivity contribution in [2.75, 3.05) is 44.8 Å². The van der Waals surface area contributed by atoms with Gasteiger partial charge in [-0.25, -0.2) is 9.97 Å². The zero-order valence-electron chi connectivity index (χ0n) is 20.0. The van der Waals surface area contributed by atoms with E-state index in [1.165, 1.54) is 0 Å². The molecule has 1 atom stereocenters. The molecule has 33 heavy (non-hydrogen) atoms. The van der Waals surface area contributed by atoms with Crippen molar-refractivity contribution in [2.24, 2.45) is 0 Å². The summed E-state index contributed by atoms with van der Waals surface area (Å²) in [5, 5.41) is 0. The summed E-state index contributed by atoms with van der Waals surface area (Å²) in [4.78, 5) is 26.2. The first-order valence-electron chi connectivity index (χ1n) is 11.6. The van der Waals surface area contributed by atoms with Gasteiger partial charge < -0.3 is 24.0 Å². The molecule has 0 radical (unpaired) electrons. The van der Waals surface area contributed by atoms with Gasteiger partial charge in [0.2, 0.25) is 5.95 Å². The summed E-state index contributed by atoms with van der Waals surface area (Å²) in [5.74, 6) is 1.58. The maximum absolute atomic E-state index is 13.2. The van der Waals surface area contributed by atoms with Crippen molar-refractivity contribution in [2.45, 2.75) is 51.4 Å². The van der Waals surface area contributed by atoms with Gasteiger partial charge in [-0.2, -0.15) is 0 Å². The Morgan fingerprint density at radius 3 is 2.61 bits per heavy atom. The van der Waals surface area contributed by atoms with E-state index in [2.05, 4.69) is 14.9 Å². The molecule has 2 fully saturated rings. The molecular weight excluding hydrogens is 420 g/mol. The molecule has 2 saturated heterocycles. The summed E-state index contributed by atoms with van der Waals surface area (Å²) in [6.07, 6.45) is 5.08. The number of carbonyl (C=O) groups excluding carboxylic acids is 1. The maximum atomic E-state index is 13.2. The molecule has 1 amide bonds. The van der Waals surface area contributed by atoms with Crippen LogP contribution in [-0.4, -0.2) is 78.5 Å². The molecule has 1 aromatic carbocycles. The average molecular weight is 455 g/mol. The monoisotopic (exact) mass is 454 g/mol. The van der Waals surface area contributed by atoms with E-state index in [-0.39, 0.29) is 23.7 Å². The largest absolute Gasteiger partial charge is 0.491 e. The second kappa shape index (κ2) is 10.1. The van der Waals surface area contributed by atoms with Gasteiger partial charge in [0.25, 0.3) is 5.91 Å². The van der Waals surface area contributed by atoms with Crippen LogP contribution < -0.4 is 9.64 Å². The standard InChI is InChI=1S/C25H34N4O4/c1-18(2)32-22-7-6-20(14-19(22)3)23(30)28-12-8-25(9-13-28)17-29(15-21(33-25)16-31-4)24-26-10-5-11-27-24/h5-7,10-11,14,18,21H,8-9,12-13,15-17H2,1-4H3. The normalized spacial score (nSPS) is 20.3. The molecule has 8 heteroatoms. The van der Waals surface area contributed by atoms with Crippen molar-refractivity contribution >= 4 is 11.9 Å². The Morgan fingerprint density at radius 1 is 1.24 bits per heavy atom. The number of hydrogen-bond donors (Lipinski definition) is 0. The highest BCUT2D eigenvalue weighted by atomic mass is 16.5. The molecule has 1 unspecified atom stereocenters. The van der Waals surface area contributed by atoms with Gasteiger partial charge in [-0.3, -0.25) is 4.79 Å². The number of anilines is 1. The van der Waals surface area contributed by atoms with Gasteiger partial charge in [0.1, 0.15) is 5.75 Å². The lowest BCUT2D eigenvalue weighted by atomic mass is 9.88. The molecule has 4 rings (SSSR count). The summed E-state index contributed by atoms with van der Waals surface area (Å²) < 4.78 is 17.7. The van der Waals surface area contributed by atoms with Crippen molar-refractivity contribution in [1.82, 2.24) is 14.9 Å². The number of aryl methyl sites for hydroxylation is 1. The van der Waals surface area contributed by atoms with E-state index in [4.69, 9.17) is 14.2 Å². The van der Waals surface area contributed by atoms with Crippen LogP contribution in [-0.2, 0) is 9.47 Å². The van der Waals surface area contributed by atoms with Crippen molar-refractivity contribution < 1.29 is 19.0 Å². The van der Waals surface area contributed by atoms with Crippen molar-refractivity contribution in [3.63, 3.8) is 0 Å². The molecule has 0 saturated carbocycles. The van der Waals surface area contributed by atoms with Gasteiger partial charge in [0.15, 0.2) is 0 Å². The summed E-state index contributed by atoms with van der Waals surface area (Å²) in [6, 6.07) is 7.49. The zero-order valence-corrected chi connectivity index (χ0v) is 20.0.